The summed E-state index contributed by atoms with van der Waals surface area (Å²) in [6, 6.07) is 6.41. The van der Waals surface area contributed by atoms with Crippen molar-refractivity contribution in [3.8, 4) is 0 Å². The lowest BCUT2D eigenvalue weighted by atomic mass is 9.77. The Morgan fingerprint density at radius 3 is 2.48 bits per heavy atom. The van der Waals surface area contributed by atoms with Gasteiger partial charge in [-0.25, -0.2) is 9.18 Å². The molecule has 1 N–H and O–H groups in total. The number of carbonyl (C=O) groups excluding carboxylic acids is 1. The SMILES string of the molecule is O=C(N[C@H](c1ccc(F)cc1)C1CCC1)N1CCOCC1. The number of urea groups is 1. The van der Waals surface area contributed by atoms with E-state index < -0.39 is 0 Å². The molecular weight excluding hydrogens is 271 g/mol. The zero-order valence-corrected chi connectivity index (χ0v) is 12.1. The Hall–Kier alpha value is -1.62. The van der Waals surface area contributed by atoms with E-state index in [0.29, 0.717) is 32.2 Å². The number of halogens is 1. The molecule has 5 heteroatoms. The van der Waals surface area contributed by atoms with Crippen molar-refractivity contribution in [2.45, 2.75) is 25.3 Å². The van der Waals surface area contributed by atoms with Gasteiger partial charge >= 0.3 is 6.03 Å². The highest BCUT2D eigenvalue weighted by molar-refractivity contribution is 5.75. The molecule has 0 bridgehead atoms. The zero-order chi connectivity index (χ0) is 14.7. The highest BCUT2D eigenvalue weighted by atomic mass is 19.1. The number of nitrogens with one attached hydrogen (secondary N) is 1. The van der Waals surface area contributed by atoms with E-state index in [0.717, 1.165) is 18.4 Å². The summed E-state index contributed by atoms with van der Waals surface area (Å²) in [5, 5.41) is 3.13. The Kier molecular flexibility index (Phi) is 4.39. The third kappa shape index (κ3) is 3.35. The van der Waals surface area contributed by atoms with Gasteiger partial charge in [-0.1, -0.05) is 18.6 Å². The Morgan fingerprint density at radius 2 is 1.90 bits per heavy atom. The fourth-order valence-electron chi connectivity index (χ4n) is 2.91. The summed E-state index contributed by atoms with van der Waals surface area (Å²) in [6.45, 7) is 2.45. The number of hydrogen-bond donors (Lipinski definition) is 1. The Labute approximate surface area is 124 Å². The highest BCUT2D eigenvalue weighted by Crippen LogP contribution is 2.37. The lowest BCUT2D eigenvalue weighted by Gasteiger charge is -2.36. The van der Waals surface area contributed by atoms with Crippen molar-refractivity contribution in [1.82, 2.24) is 10.2 Å². The molecule has 2 amide bonds. The van der Waals surface area contributed by atoms with E-state index in [9.17, 15) is 9.18 Å². The minimum Gasteiger partial charge on any atom is -0.378 e. The predicted octanol–water partition coefficient (Wildman–Crippen LogP) is 2.71. The first-order valence-corrected chi connectivity index (χ1v) is 7.63. The van der Waals surface area contributed by atoms with Gasteiger partial charge in [-0.3, -0.25) is 0 Å². The highest BCUT2D eigenvalue weighted by Gasteiger charge is 2.31. The molecule has 3 rings (SSSR count). The van der Waals surface area contributed by atoms with Crippen molar-refractivity contribution in [2.24, 2.45) is 5.92 Å². The number of rotatable bonds is 3. The zero-order valence-electron chi connectivity index (χ0n) is 12.1. The standard InChI is InChI=1S/C16H21FN2O2/c17-14-6-4-13(5-7-14)15(12-2-1-3-12)18-16(20)19-8-10-21-11-9-19/h4-7,12,15H,1-3,8-11H2,(H,18,20)/t15-/m0/s1. The second-order valence-electron chi connectivity index (χ2n) is 5.77. The molecule has 1 atom stereocenters. The van der Waals surface area contributed by atoms with Crippen molar-refractivity contribution in [3.05, 3.63) is 35.6 Å². The monoisotopic (exact) mass is 292 g/mol. The summed E-state index contributed by atoms with van der Waals surface area (Å²) < 4.78 is 18.4. The number of hydrogen-bond acceptors (Lipinski definition) is 2. The van der Waals surface area contributed by atoms with E-state index in [4.69, 9.17) is 4.74 Å². The molecule has 0 spiro atoms. The molecule has 0 aromatic heterocycles. The molecule has 0 radical (unpaired) electrons. The summed E-state index contributed by atoms with van der Waals surface area (Å²) in [5.74, 6) is 0.214. The molecule has 1 saturated heterocycles. The van der Waals surface area contributed by atoms with Gasteiger partial charge in [0.2, 0.25) is 0 Å². The molecule has 0 unspecified atom stereocenters. The van der Waals surface area contributed by atoms with Crippen LogP contribution in [-0.2, 0) is 4.74 Å². The predicted molar refractivity (Wildman–Crippen MR) is 77.4 cm³/mol. The van der Waals surface area contributed by atoms with Gasteiger partial charge in [0.05, 0.1) is 19.3 Å². The molecule has 1 aromatic carbocycles. The molecule has 4 nitrogen and oxygen atoms in total. The van der Waals surface area contributed by atoms with Gasteiger partial charge in [-0.15, -0.1) is 0 Å². The maximum absolute atomic E-state index is 13.1. The van der Waals surface area contributed by atoms with Crippen LogP contribution in [0.2, 0.25) is 0 Å². The molecule has 1 aliphatic heterocycles. The summed E-state index contributed by atoms with van der Waals surface area (Å²) in [4.78, 5) is 14.2. The van der Waals surface area contributed by atoms with Crippen molar-refractivity contribution >= 4 is 6.03 Å². The van der Waals surface area contributed by atoms with Crippen molar-refractivity contribution in [2.75, 3.05) is 26.3 Å². The molecule has 1 heterocycles. The third-order valence-corrected chi connectivity index (χ3v) is 4.43. The van der Waals surface area contributed by atoms with Crippen molar-refractivity contribution in [1.29, 1.82) is 0 Å². The normalized spacial score (nSPS) is 20.7. The third-order valence-electron chi connectivity index (χ3n) is 4.43. The van der Waals surface area contributed by atoms with Crippen molar-refractivity contribution < 1.29 is 13.9 Å². The van der Waals surface area contributed by atoms with Gasteiger partial charge in [0, 0.05) is 13.1 Å². The van der Waals surface area contributed by atoms with Crippen LogP contribution < -0.4 is 5.32 Å². The van der Waals surface area contributed by atoms with E-state index in [-0.39, 0.29) is 17.9 Å². The van der Waals surface area contributed by atoms with E-state index in [1.54, 1.807) is 17.0 Å². The van der Waals surface area contributed by atoms with Crippen LogP contribution in [0.1, 0.15) is 30.9 Å². The van der Waals surface area contributed by atoms with Crippen LogP contribution >= 0.6 is 0 Å². The van der Waals surface area contributed by atoms with Crippen LogP contribution in [0.15, 0.2) is 24.3 Å². The lowest BCUT2D eigenvalue weighted by molar-refractivity contribution is 0.0512. The average Bonchev–Trinajstić information content (AvgIpc) is 2.46. The van der Waals surface area contributed by atoms with E-state index in [1.165, 1.54) is 18.6 Å². The van der Waals surface area contributed by atoms with Gasteiger partial charge < -0.3 is 15.0 Å². The molecule has 2 fully saturated rings. The van der Waals surface area contributed by atoms with Gasteiger partial charge in [0.25, 0.3) is 0 Å². The second-order valence-corrected chi connectivity index (χ2v) is 5.77. The first kappa shape index (κ1) is 14.3. The summed E-state index contributed by atoms with van der Waals surface area (Å²) in [7, 11) is 0. The minimum absolute atomic E-state index is 0.0188. The average molecular weight is 292 g/mol. The summed E-state index contributed by atoms with van der Waals surface area (Å²) in [6.07, 6.45) is 3.44. The van der Waals surface area contributed by atoms with E-state index in [2.05, 4.69) is 5.32 Å². The van der Waals surface area contributed by atoms with Gasteiger partial charge in [0.1, 0.15) is 5.82 Å². The van der Waals surface area contributed by atoms with Crippen LogP contribution in [0.4, 0.5) is 9.18 Å². The quantitative estimate of drug-likeness (QED) is 0.930. The fraction of sp³-hybridized carbons (Fsp3) is 0.562. The summed E-state index contributed by atoms with van der Waals surface area (Å²) in [5.41, 5.74) is 0.989. The number of ether oxygens (including phenoxy) is 1. The van der Waals surface area contributed by atoms with Crippen LogP contribution in [-0.4, -0.2) is 37.2 Å². The fourth-order valence-corrected chi connectivity index (χ4v) is 2.91. The number of benzene rings is 1. The van der Waals surface area contributed by atoms with Crippen LogP contribution in [0.3, 0.4) is 0 Å². The maximum atomic E-state index is 13.1. The molecule has 1 saturated carbocycles. The number of carbonyl (C=O) groups is 1. The van der Waals surface area contributed by atoms with Gasteiger partial charge in [-0.2, -0.15) is 0 Å². The Balaban J connectivity index is 1.70. The maximum Gasteiger partial charge on any atom is 0.318 e. The number of morpholine rings is 1. The van der Waals surface area contributed by atoms with E-state index in [1.807, 2.05) is 0 Å². The Bertz CT molecular complexity index is 482. The van der Waals surface area contributed by atoms with Crippen LogP contribution in [0.25, 0.3) is 0 Å². The molecule has 114 valence electrons. The first-order chi connectivity index (χ1) is 10.2. The minimum atomic E-state index is -0.245. The van der Waals surface area contributed by atoms with E-state index >= 15 is 0 Å². The topological polar surface area (TPSA) is 41.6 Å². The van der Waals surface area contributed by atoms with Crippen molar-refractivity contribution in [3.63, 3.8) is 0 Å². The largest absolute Gasteiger partial charge is 0.378 e. The first-order valence-electron chi connectivity index (χ1n) is 7.63. The van der Waals surface area contributed by atoms with Gasteiger partial charge in [-0.05, 0) is 36.5 Å². The molecule has 21 heavy (non-hydrogen) atoms. The molecule has 2 aliphatic rings. The second kappa shape index (κ2) is 6.43. The lowest BCUT2D eigenvalue weighted by Crippen LogP contribution is -2.48. The molecular formula is C16H21FN2O2. The Morgan fingerprint density at radius 1 is 1.24 bits per heavy atom. The van der Waals surface area contributed by atoms with Gasteiger partial charge in [0.15, 0.2) is 0 Å². The summed E-state index contributed by atoms with van der Waals surface area (Å²) >= 11 is 0. The molecule has 1 aromatic rings. The molecule has 1 aliphatic carbocycles. The smallest absolute Gasteiger partial charge is 0.318 e. The van der Waals surface area contributed by atoms with Crippen LogP contribution in [0, 0.1) is 11.7 Å². The number of amides is 2. The van der Waals surface area contributed by atoms with Crippen LogP contribution in [0.5, 0.6) is 0 Å². The number of nitrogens with zero attached hydrogens (tertiary/aromatic N) is 1.